The summed E-state index contributed by atoms with van der Waals surface area (Å²) in [7, 11) is 0. The van der Waals surface area contributed by atoms with Crippen LogP contribution in [0.15, 0.2) is 66.7 Å². The molecule has 4 nitrogen and oxygen atoms in total. The lowest BCUT2D eigenvalue weighted by atomic mass is 10.1. The van der Waals surface area contributed by atoms with Gasteiger partial charge in [0.2, 0.25) is 0 Å². The molecule has 3 rings (SSSR count). The summed E-state index contributed by atoms with van der Waals surface area (Å²) in [5, 5.41) is 11.4. The molecule has 0 bridgehead atoms. The predicted molar refractivity (Wildman–Crippen MR) is 86.9 cm³/mol. The summed E-state index contributed by atoms with van der Waals surface area (Å²) in [6, 6.07) is 20.0. The molecule has 0 fully saturated rings. The number of carbonyl (C=O) groups is 1. The second-order valence-corrected chi connectivity index (χ2v) is 5.07. The van der Waals surface area contributed by atoms with Crippen molar-refractivity contribution in [2.45, 2.75) is 0 Å². The van der Waals surface area contributed by atoms with Crippen molar-refractivity contribution in [1.82, 2.24) is 10.2 Å². The van der Waals surface area contributed by atoms with Crippen LogP contribution in [0, 0.1) is 0 Å². The van der Waals surface area contributed by atoms with Crippen LogP contribution in [0.2, 0.25) is 5.02 Å². The van der Waals surface area contributed by atoms with Crippen molar-refractivity contribution >= 4 is 23.2 Å². The number of nitrogens with zero attached hydrogens (tertiary/aromatic N) is 2. The van der Waals surface area contributed by atoms with Crippen LogP contribution in [0.3, 0.4) is 0 Å². The Morgan fingerprint density at radius 2 is 1.73 bits per heavy atom. The van der Waals surface area contributed by atoms with Gasteiger partial charge in [-0.25, -0.2) is 0 Å². The maximum Gasteiger partial charge on any atom is 0.276 e. The molecule has 0 spiro atoms. The number of nitrogens with one attached hydrogen (secondary N) is 1. The SMILES string of the molecule is O=C(Nc1cccc(Cl)c1)c1ccc(-c2ccccc2)nn1. The van der Waals surface area contributed by atoms with Gasteiger partial charge < -0.3 is 5.32 Å². The van der Waals surface area contributed by atoms with Gasteiger partial charge in [-0.05, 0) is 30.3 Å². The van der Waals surface area contributed by atoms with Gasteiger partial charge in [-0.3, -0.25) is 4.79 Å². The van der Waals surface area contributed by atoms with E-state index in [0.29, 0.717) is 10.7 Å². The Labute approximate surface area is 132 Å². The number of hydrogen-bond donors (Lipinski definition) is 1. The van der Waals surface area contributed by atoms with E-state index in [4.69, 9.17) is 11.6 Å². The molecule has 0 unspecified atom stereocenters. The second kappa shape index (κ2) is 6.37. The standard InChI is InChI=1S/C17H12ClN3O/c18-13-7-4-8-14(11-13)19-17(22)16-10-9-15(20-21-16)12-5-2-1-3-6-12/h1-11H,(H,19,22). The van der Waals surface area contributed by atoms with E-state index in [1.165, 1.54) is 0 Å². The number of rotatable bonds is 3. The molecule has 1 aromatic heterocycles. The van der Waals surface area contributed by atoms with Gasteiger partial charge in [-0.1, -0.05) is 48.0 Å². The summed E-state index contributed by atoms with van der Waals surface area (Å²) >= 11 is 5.88. The Hall–Kier alpha value is -2.72. The van der Waals surface area contributed by atoms with Crippen molar-refractivity contribution in [3.8, 4) is 11.3 Å². The quantitative estimate of drug-likeness (QED) is 0.794. The second-order valence-electron chi connectivity index (χ2n) is 4.63. The lowest BCUT2D eigenvalue weighted by molar-refractivity contribution is 0.102. The van der Waals surface area contributed by atoms with Gasteiger partial charge in [0.1, 0.15) is 0 Å². The molecule has 0 saturated carbocycles. The molecule has 1 N–H and O–H groups in total. The molecule has 0 saturated heterocycles. The largest absolute Gasteiger partial charge is 0.321 e. The van der Waals surface area contributed by atoms with Gasteiger partial charge in [0.25, 0.3) is 5.91 Å². The van der Waals surface area contributed by atoms with Crippen molar-refractivity contribution in [3.63, 3.8) is 0 Å². The first kappa shape index (κ1) is 14.2. The summed E-state index contributed by atoms with van der Waals surface area (Å²) < 4.78 is 0. The van der Waals surface area contributed by atoms with Crippen LogP contribution < -0.4 is 5.32 Å². The Morgan fingerprint density at radius 3 is 2.41 bits per heavy atom. The van der Waals surface area contributed by atoms with Gasteiger partial charge in [0.15, 0.2) is 5.69 Å². The van der Waals surface area contributed by atoms with Crippen LogP contribution in [0.25, 0.3) is 11.3 Å². The maximum absolute atomic E-state index is 12.1. The molecule has 1 heterocycles. The fourth-order valence-corrected chi connectivity index (χ4v) is 2.17. The average molecular weight is 310 g/mol. The van der Waals surface area contributed by atoms with Crippen molar-refractivity contribution in [2.24, 2.45) is 0 Å². The highest BCUT2D eigenvalue weighted by Crippen LogP contribution is 2.17. The molecule has 0 aliphatic heterocycles. The molecular formula is C17H12ClN3O. The van der Waals surface area contributed by atoms with Gasteiger partial charge in [-0.2, -0.15) is 0 Å². The monoisotopic (exact) mass is 309 g/mol. The molecule has 0 aliphatic carbocycles. The summed E-state index contributed by atoms with van der Waals surface area (Å²) in [6.07, 6.45) is 0. The highest BCUT2D eigenvalue weighted by molar-refractivity contribution is 6.30. The van der Waals surface area contributed by atoms with E-state index in [1.54, 1.807) is 36.4 Å². The van der Waals surface area contributed by atoms with Crippen LogP contribution in [0.4, 0.5) is 5.69 Å². The number of carbonyl (C=O) groups excluding carboxylic acids is 1. The van der Waals surface area contributed by atoms with Crippen LogP contribution in [0.5, 0.6) is 0 Å². The molecule has 5 heteroatoms. The van der Waals surface area contributed by atoms with Crippen LogP contribution >= 0.6 is 11.6 Å². The molecule has 3 aromatic rings. The zero-order valence-electron chi connectivity index (χ0n) is 11.5. The van der Waals surface area contributed by atoms with E-state index in [2.05, 4.69) is 15.5 Å². The number of hydrogen-bond acceptors (Lipinski definition) is 3. The number of halogens is 1. The molecule has 0 aliphatic rings. The zero-order valence-corrected chi connectivity index (χ0v) is 12.3. The lowest BCUT2D eigenvalue weighted by Crippen LogP contribution is -2.14. The Balaban J connectivity index is 1.76. The van der Waals surface area contributed by atoms with Gasteiger partial charge in [0.05, 0.1) is 5.69 Å². The van der Waals surface area contributed by atoms with Crippen LogP contribution in [0.1, 0.15) is 10.5 Å². The van der Waals surface area contributed by atoms with E-state index in [-0.39, 0.29) is 11.6 Å². The Morgan fingerprint density at radius 1 is 0.909 bits per heavy atom. The molecule has 2 aromatic carbocycles. The molecule has 22 heavy (non-hydrogen) atoms. The smallest absolute Gasteiger partial charge is 0.276 e. The third kappa shape index (κ3) is 3.30. The number of amides is 1. The first-order chi connectivity index (χ1) is 10.7. The minimum atomic E-state index is -0.325. The van der Waals surface area contributed by atoms with Gasteiger partial charge >= 0.3 is 0 Å². The number of anilines is 1. The summed E-state index contributed by atoms with van der Waals surface area (Å²) in [4.78, 5) is 12.1. The van der Waals surface area contributed by atoms with E-state index >= 15 is 0 Å². The van der Waals surface area contributed by atoms with Crippen molar-refractivity contribution in [2.75, 3.05) is 5.32 Å². The molecular weight excluding hydrogens is 298 g/mol. The van der Waals surface area contributed by atoms with Gasteiger partial charge in [-0.15, -0.1) is 10.2 Å². The zero-order chi connectivity index (χ0) is 15.4. The minimum Gasteiger partial charge on any atom is -0.321 e. The van der Waals surface area contributed by atoms with Crippen molar-refractivity contribution in [1.29, 1.82) is 0 Å². The minimum absolute atomic E-state index is 0.250. The fourth-order valence-electron chi connectivity index (χ4n) is 1.98. The van der Waals surface area contributed by atoms with Gasteiger partial charge in [0, 0.05) is 16.3 Å². The Kier molecular flexibility index (Phi) is 4.12. The van der Waals surface area contributed by atoms with Crippen LogP contribution in [-0.4, -0.2) is 16.1 Å². The van der Waals surface area contributed by atoms with Crippen molar-refractivity contribution < 1.29 is 4.79 Å². The van der Waals surface area contributed by atoms with Crippen LogP contribution in [-0.2, 0) is 0 Å². The number of aromatic nitrogens is 2. The fraction of sp³-hybridized carbons (Fsp3) is 0. The highest BCUT2D eigenvalue weighted by Gasteiger charge is 2.09. The molecule has 0 atom stereocenters. The third-order valence-corrected chi connectivity index (χ3v) is 3.28. The average Bonchev–Trinajstić information content (AvgIpc) is 2.56. The number of benzene rings is 2. The lowest BCUT2D eigenvalue weighted by Gasteiger charge is -2.05. The summed E-state index contributed by atoms with van der Waals surface area (Å²) in [6.45, 7) is 0. The van der Waals surface area contributed by atoms with E-state index in [1.807, 2.05) is 30.3 Å². The van der Waals surface area contributed by atoms with E-state index in [9.17, 15) is 4.79 Å². The summed E-state index contributed by atoms with van der Waals surface area (Å²) in [5.41, 5.74) is 2.54. The predicted octanol–water partition coefficient (Wildman–Crippen LogP) is 4.05. The summed E-state index contributed by atoms with van der Waals surface area (Å²) in [5.74, 6) is -0.325. The normalized spacial score (nSPS) is 10.2. The van der Waals surface area contributed by atoms with Crippen molar-refractivity contribution in [3.05, 3.63) is 77.4 Å². The molecule has 1 amide bonds. The van der Waals surface area contributed by atoms with E-state index < -0.39 is 0 Å². The molecule has 0 radical (unpaired) electrons. The maximum atomic E-state index is 12.1. The van der Waals surface area contributed by atoms with E-state index in [0.717, 1.165) is 11.3 Å². The first-order valence-electron chi connectivity index (χ1n) is 6.68. The molecule has 108 valence electrons. The third-order valence-electron chi connectivity index (χ3n) is 3.05. The Bertz CT molecular complexity index is 789. The first-order valence-corrected chi connectivity index (χ1v) is 7.06. The topological polar surface area (TPSA) is 54.9 Å². The highest BCUT2D eigenvalue weighted by atomic mass is 35.5.